The van der Waals surface area contributed by atoms with Crippen molar-refractivity contribution in [2.45, 2.75) is 24.8 Å². The Morgan fingerprint density at radius 3 is 2.59 bits per heavy atom. The monoisotopic (exact) mass is 258 g/mol. The van der Waals surface area contributed by atoms with Crippen LogP contribution in [-0.2, 0) is 4.79 Å². The fraction of sp³-hybridized carbons (Fsp3) is 0.917. The van der Waals surface area contributed by atoms with Crippen molar-refractivity contribution in [3.8, 4) is 0 Å². The smallest absolute Gasteiger partial charge is 0.305 e. The van der Waals surface area contributed by atoms with Crippen molar-refractivity contribution in [2.75, 3.05) is 44.7 Å². The van der Waals surface area contributed by atoms with E-state index in [0.29, 0.717) is 6.42 Å². The standard InChI is InChI=1S/C12H22N2O2S/c1-13-4-6-14(7-5-13)12(9-11(15)16)3-2-8-17-10-12/h2-10H2,1H3,(H,15,16). The molecule has 1 atom stereocenters. The van der Waals surface area contributed by atoms with Crippen molar-refractivity contribution in [1.82, 2.24) is 9.80 Å². The van der Waals surface area contributed by atoms with Gasteiger partial charge in [-0.2, -0.15) is 11.8 Å². The van der Waals surface area contributed by atoms with Gasteiger partial charge in [0, 0.05) is 37.5 Å². The molecule has 2 rings (SSSR count). The lowest BCUT2D eigenvalue weighted by Gasteiger charge is -2.48. The van der Waals surface area contributed by atoms with Gasteiger partial charge in [-0.05, 0) is 25.6 Å². The lowest BCUT2D eigenvalue weighted by atomic mass is 9.88. The van der Waals surface area contributed by atoms with E-state index >= 15 is 0 Å². The molecule has 2 aliphatic heterocycles. The Kier molecular flexibility index (Phi) is 4.33. The summed E-state index contributed by atoms with van der Waals surface area (Å²) in [6.07, 6.45) is 2.52. The van der Waals surface area contributed by atoms with Gasteiger partial charge in [0.25, 0.3) is 0 Å². The number of carboxylic acids is 1. The third kappa shape index (κ3) is 3.14. The van der Waals surface area contributed by atoms with Crippen molar-refractivity contribution >= 4 is 17.7 Å². The first-order valence-corrected chi connectivity index (χ1v) is 7.51. The van der Waals surface area contributed by atoms with Gasteiger partial charge in [0.05, 0.1) is 6.42 Å². The first-order valence-electron chi connectivity index (χ1n) is 6.36. The number of nitrogens with zero attached hydrogens (tertiary/aromatic N) is 2. The summed E-state index contributed by atoms with van der Waals surface area (Å²) in [6.45, 7) is 4.16. The Hall–Kier alpha value is -0.260. The molecule has 0 aromatic carbocycles. The van der Waals surface area contributed by atoms with Crippen LogP contribution in [-0.4, -0.2) is 71.1 Å². The van der Waals surface area contributed by atoms with Gasteiger partial charge in [0.1, 0.15) is 0 Å². The number of aliphatic carboxylic acids is 1. The molecule has 2 fully saturated rings. The minimum atomic E-state index is -0.647. The van der Waals surface area contributed by atoms with E-state index in [-0.39, 0.29) is 5.54 Å². The summed E-state index contributed by atoms with van der Waals surface area (Å²) in [5.74, 6) is 1.53. The van der Waals surface area contributed by atoms with E-state index in [4.69, 9.17) is 5.11 Å². The van der Waals surface area contributed by atoms with E-state index < -0.39 is 5.97 Å². The Balaban J connectivity index is 2.06. The Labute approximate surface area is 107 Å². The molecule has 2 heterocycles. The van der Waals surface area contributed by atoms with Crippen molar-refractivity contribution in [3.63, 3.8) is 0 Å². The zero-order valence-electron chi connectivity index (χ0n) is 10.5. The van der Waals surface area contributed by atoms with Gasteiger partial charge in [-0.1, -0.05) is 0 Å². The van der Waals surface area contributed by atoms with Gasteiger partial charge >= 0.3 is 5.97 Å². The third-order valence-electron chi connectivity index (χ3n) is 3.96. The maximum absolute atomic E-state index is 11.1. The van der Waals surface area contributed by atoms with E-state index in [1.54, 1.807) is 0 Å². The maximum atomic E-state index is 11.1. The number of carbonyl (C=O) groups is 1. The largest absolute Gasteiger partial charge is 0.481 e. The summed E-state index contributed by atoms with van der Waals surface area (Å²) < 4.78 is 0. The molecule has 98 valence electrons. The summed E-state index contributed by atoms with van der Waals surface area (Å²) in [7, 11) is 2.14. The molecular formula is C12H22N2O2S. The van der Waals surface area contributed by atoms with Crippen LogP contribution in [0.25, 0.3) is 0 Å². The van der Waals surface area contributed by atoms with Gasteiger partial charge in [0.15, 0.2) is 0 Å². The van der Waals surface area contributed by atoms with Gasteiger partial charge in [-0.3, -0.25) is 9.69 Å². The Bertz CT molecular complexity index is 272. The summed E-state index contributed by atoms with van der Waals surface area (Å²) >= 11 is 1.92. The zero-order valence-corrected chi connectivity index (χ0v) is 11.3. The molecule has 0 aromatic rings. The van der Waals surface area contributed by atoms with Crippen LogP contribution in [0.1, 0.15) is 19.3 Å². The number of hydrogen-bond donors (Lipinski definition) is 1. The molecule has 0 aromatic heterocycles. The van der Waals surface area contributed by atoms with Crippen LogP contribution < -0.4 is 0 Å². The SMILES string of the molecule is CN1CCN(C2(CC(=O)O)CCCSC2)CC1. The molecule has 0 radical (unpaired) electrons. The lowest BCUT2D eigenvalue weighted by molar-refractivity contribution is -0.140. The highest BCUT2D eigenvalue weighted by Gasteiger charge is 2.41. The average molecular weight is 258 g/mol. The topological polar surface area (TPSA) is 43.8 Å². The van der Waals surface area contributed by atoms with Crippen molar-refractivity contribution < 1.29 is 9.90 Å². The van der Waals surface area contributed by atoms with Crippen LogP contribution >= 0.6 is 11.8 Å². The predicted octanol–water partition coefficient (Wildman–Crippen LogP) is 0.974. The molecule has 1 N–H and O–H groups in total. The molecule has 2 saturated heterocycles. The molecule has 17 heavy (non-hydrogen) atoms. The lowest BCUT2D eigenvalue weighted by Crippen LogP contribution is -2.59. The van der Waals surface area contributed by atoms with Crippen LogP contribution in [0, 0.1) is 0 Å². The fourth-order valence-corrected chi connectivity index (χ4v) is 4.20. The summed E-state index contributed by atoms with van der Waals surface area (Å²) in [4.78, 5) is 15.9. The zero-order chi connectivity index (χ0) is 12.3. The second-order valence-corrected chi connectivity index (χ2v) is 6.35. The quantitative estimate of drug-likeness (QED) is 0.817. The fourth-order valence-electron chi connectivity index (χ4n) is 2.90. The van der Waals surface area contributed by atoms with Gasteiger partial charge in [0.2, 0.25) is 0 Å². The van der Waals surface area contributed by atoms with Gasteiger partial charge < -0.3 is 10.0 Å². The second-order valence-electron chi connectivity index (χ2n) is 5.24. The third-order valence-corrected chi connectivity index (χ3v) is 5.27. The number of thioether (sulfide) groups is 1. The van der Waals surface area contributed by atoms with E-state index in [0.717, 1.165) is 44.8 Å². The first kappa shape index (κ1) is 13.2. The summed E-state index contributed by atoms with van der Waals surface area (Å²) in [5.41, 5.74) is -0.0734. The number of likely N-dealkylation sites (N-methyl/N-ethyl adjacent to an activating group) is 1. The molecule has 1 unspecified atom stereocenters. The van der Waals surface area contributed by atoms with E-state index in [1.165, 1.54) is 5.75 Å². The van der Waals surface area contributed by atoms with Crippen LogP contribution in [0.3, 0.4) is 0 Å². The van der Waals surface area contributed by atoms with Gasteiger partial charge in [-0.25, -0.2) is 0 Å². The van der Waals surface area contributed by atoms with E-state index in [9.17, 15) is 4.79 Å². The van der Waals surface area contributed by atoms with E-state index in [2.05, 4.69) is 16.8 Å². The van der Waals surface area contributed by atoms with Crippen LogP contribution in [0.15, 0.2) is 0 Å². The van der Waals surface area contributed by atoms with Crippen LogP contribution in [0.5, 0.6) is 0 Å². The minimum Gasteiger partial charge on any atom is -0.481 e. The Morgan fingerprint density at radius 2 is 2.06 bits per heavy atom. The van der Waals surface area contributed by atoms with Crippen LogP contribution in [0.4, 0.5) is 0 Å². The number of carboxylic acid groups (broad SMARTS) is 1. The van der Waals surface area contributed by atoms with Crippen molar-refractivity contribution in [3.05, 3.63) is 0 Å². The second kappa shape index (κ2) is 5.59. The first-order chi connectivity index (χ1) is 8.12. The number of piperazine rings is 1. The Morgan fingerprint density at radius 1 is 1.35 bits per heavy atom. The number of rotatable bonds is 3. The molecular weight excluding hydrogens is 236 g/mol. The average Bonchev–Trinajstić information content (AvgIpc) is 2.30. The minimum absolute atomic E-state index is 0.0734. The maximum Gasteiger partial charge on any atom is 0.305 e. The highest BCUT2D eigenvalue weighted by atomic mass is 32.2. The highest BCUT2D eigenvalue weighted by molar-refractivity contribution is 7.99. The highest BCUT2D eigenvalue weighted by Crippen LogP contribution is 2.35. The molecule has 0 saturated carbocycles. The van der Waals surface area contributed by atoms with Crippen molar-refractivity contribution in [1.29, 1.82) is 0 Å². The molecule has 2 aliphatic rings. The molecule has 0 amide bonds. The predicted molar refractivity (Wildman–Crippen MR) is 70.6 cm³/mol. The number of hydrogen-bond acceptors (Lipinski definition) is 4. The molecule has 0 aliphatic carbocycles. The molecule has 4 nitrogen and oxygen atoms in total. The normalized spacial score (nSPS) is 32.5. The van der Waals surface area contributed by atoms with Crippen molar-refractivity contribution in [2.24, 2.45) is 0 Å². The summed E-state index contributed by atoms with van der Waals surface area (Å²) in [5, 5.41) is 9.17. The van der Waals surface area contributed by atoms with Crippen LogP contribution in [0.2, 0.25) is 0 Å². The van der Waals surface area contributed by atoms with Gasteiger partial charge in [-0.15, -0.1) is 0 Å². The molecule has 0 spiro atoms. The molecule has 5 heteroatoms. The molecule has 0 bridgehead atoms. The summed E-state index contributed by atoms with van der Waals surface area (Å²) in [6, 6.07) is 0. The van der Waals surface area contributed by atoms with E-state index in [1.807, 2.05) is 11.8 Å².